The summed E-state index contributed by atoms with van der Waals surface area (Å²) in [4.78, 5) is 21.5. The summed E-state index contributed by atoms with van der Waals surface area (Å²) in [5.41, 5.74) is 2.90. The lowest BCUT2D eigenvalue weighted by molar-refractivity contribution is -0.116. The number of carbonyl (C=O) groups excluding carboxylic acids is 1. The van der Waals surface area contributed by atoms with Crippen LogP contribution in [0.1, 0.15) is 18.0 Å². The van der Waals surface area contributed by atoms with Crippen LogP contribution in [0.4, 0.5) is 21.6 Å². The molecule has 2 saturated heterocycles. The number of piperazine rings is 1. The molecule has 37 heavy (non-hydrogen) atoms. The van der Waals surface area contributed by atoms with Crippen molar-refractivity contribution in [3.63, 3.8) is 0 Å². The minimum Gasteiger partial charge on any atom is -0.354 e. The molecule has 0 saturated carbocycles. The van der Waals surface area contributed by atoms with Gasteiger partial charge in [-0.2, -0.15) is 5.10 Å². The van der Waals surface area contributed by atoms with E-state index in [9.17, 15) is 9.18 Å². The lowest BCUT2D eigenvalue weighted by Gasteiger charge is -2.32. The molecule has 2 aliphatic rings. The zero-order valence-corrected chi connectivity index (χ0v) is 21.4. The maximum atomic E-state index is 14.5. The van der Waals surface area contributed by atoms with Crippen LogP contribution in [-0.4, -0.2) is 83.7 Å². The number of hydrogen-bond donors (Lipinski definition) is 3. The summed E-state index contributed by atoms with van der Waals surface area (Å²) in [5.74, 6) is 0.162. The highest BCUT2D eigenvalue weighted by molar-refractivity contribution is 6.30. The predicted molar refractivity (Wildman–Crippen MR) is 143 cm³/mol. The number of rotatable bonds is 8. The van der Waals surface area contributed by atoms with Crippen LogP contribution < -0.4 is 16.0 Å². The number of likely N-dealkylation sites (N-methyl/N-ethyl adjacent to an activating group) is 1. The molecule has 0 unspecified atom stereocenters. The molecule has 0 atom stereocenters. The van der Waals surface area contributed by atoms with Gasteiger partial charge in [-0.15, -0.1) is 5.10 Å². The molecular formula is C26H30ClFN8O. The van der Waals surface area contributed by atoms with Crippen molar-refractivity contribution in [3.05, 3.63) is 59.1 Å². The number of pyridine rings is 1. The highest BCUT2D eigenvalue weighted by atomic mass is 35.5. The van der Waals surface area contributed by atoms with Gasteiger partial charge in [0.2, 0.25) is 5.91 Å². The van der Waals surface area contributed by atoms with Gasteiger partial charge in [0.15, 0.2) is 0 Å². The van der Waals surface area contributed by atoms with Crippen molar-refractivity contribution in [3.8, 4) is 11.3 Å². The van der Waals surface area contributed by atoms with Gasteiger partial charge in [-0.05, 0) is 37.4 Å². The number of carbonyl (C=O) groups is 1. The van der Waals surface area contributed by atoms with Gasteiger partial charge in [-0.1, -0.05) is 11.6 Å². The first-order valence-electron chi connectivity index (χ1n) is 12.4. The number of anilines is 3. The van der Waals surface area contributed by atoms with Gasteiger partial charge in [-0.25, -0.2) is 9.37 Å². The Labute approximate surface area is 220 Å². The molecule has 3 N–H and O–H groups in total. The number of aromatic nitrogens is 3. The number of hydrogen-bond acceptors (Lipinski definition) is 8. The predicted octanol–water partition coefficient (Wildman–Crippen LogP) is 3.34. The highest BCUT2D eigenvalue weighted by Gasteiger charge is 2.25. The Balaban J connectivity index is 1.30. The second-order valence-electron chi connectivity index (χ2n) is 9.51. The smallest absolute Gasteiger partial charge is 0.226 e. The van der Waals surface area contributed by atoms with Gasteiger partial charge in [0.05, 0.1) is 17.1 Å². The second kappa shape index (κ2) is 11.5. The molecule has 2 aromatic heterocycles. The third kappa shape index (κ3) is 6.40. The van der Waals surface area contributed by atoms with Crippen LogP contribution in [0.3, 0.4) is 0 Å². The molecule has 4 heterocycles. The Hall–Kier alpha value is -3.18. The SMILES string of the molecule is CN1CCN(CCC(=O)Nc2cc(Nc3cc(-c4cc(Cl)ccc4F)nnc3C3CNC3)ccn2)CC1. The maximum Gasteiger partial charge on any atom is 0.226 e. The molecule has 2 aliphatic heterocycles. The number of nitrogens with one attached hydrogen (secondary N) is 3. The molecule has 5 rings (SSSR count). The van der Waals surface area contributed by atoms with E-state index in [4.69, 9.17) is 11.6 Å². The summed E-state index contributed by atoms with van der Waals surface area (Å²) in [5, 5.41) is 18.7. The van der Waals surface area contributed by atoms with E-state index in [1.165, 1.54) is 18.2 Å². The van der Waals surface area contributed by atoms with E-state index < -0.39 is 5.82 Å². The fourth-order valence-corrected chi connectivity index (χ4v) is 4.55. The fourth-order valence-electron chi connectivity index (χ4n) is 4.38. The zero-order chi connectivity index (χ0) is 25.8. The van der Waals surface area contributed by atoms with Gasteiger partial charge in [0.25, 0.3) is 0 Å². The molecule has 1 aromatic carbocycles. The van der Waals surface area contributed by atoms with Crippen LogP contribution in [0.15, 0.2) is 42.6 Å². The van der Waals surface area contributed by atoms with Crippen molar-refractivity contribution in [1.82, 2.24) is 30.3 Å². The third-order valence-electron chi connectivity index (χ3n) is 6.75. The van der Waals surface area contributed by atoms with Gasteiger partial charge < -0.3 is 25.8 Å². The average Bonchev–Trinajstić information content (AvgIpc) is 2.85. The number of amides is 1. The molecule has 2 fully saturated rings. The summed E-state index contributed by atoms with van der Waals surface area (Å²) in [6.07, 6.45) is 2.04. The van der Waals surface area contributed by atoms with Crippen LogP contribution in [0, 0.1) is 5.82 Å². The second-order valence-corrected chi connectivity index (χ2v) is 9.94. The van der Waals surface area contributed by atoms with Crippen molar-refractivity contribution in [2.24, 2.45) is 0 Å². The Kier molecular flexibility index (Phi) is 7.90. The molecule has 0 bridgehead atoms. The monoisotopic (exact) mass is 524 g/mol. The molecule has 194 valence electrons. The molecule has 3 aromatic rings. The van der Waals surface area contributed by atoms with E-state index in [0.717, 1.165) is 62.9 Å². The first-order valence-corrected chi connectivity index (χ1v) is 12.8. The van der Waals surface area contributed by atoms with Crippen LogP contribution in [0.5, 0.6) is 0 Å². The first kappa shape index (κ1) is 25.5. The van der Waals surface area contributed by atoms with Gasteiger partial charge in [0.1, 0.15) is 11.6 Å². The quantitative estimate of drug-likeness (QED) is 0.413. The van der Waals surface area contributed by atoms with E-state index in [1.807, 2.05) is 6.07 Å². The number of halogens is 2. The van der Waals surface area contributed by atoms with Crippen molar-refractivity contribution >= 4 is 34.7 Å². The van der Waals surface area contributed by atoms with Crippen LogP contribution in [0.2, 0.25) is 5.02 Å². The highest BCUT2D eigenvalue weighted by Crippen LogP contribution is 2.32. The lowest BCUT2D eigenvalue weighted by atomic mass is 9.97. The topological polar surface area (TPSA) is 98.3 Å². The van der Waals surface area contributed by atoms with Crippen molar-refractivity contribution in [2.45, 2.75) is 12.3 Å². The maximum absolute atomic E-state index is 14.5. The molecule has 11 heteroatoms. The van der Waals surface area contributed by atoms with E-state index >= 15 is 0 Å². The summed E-state index contributed by atoms with van der Waals surface area (Å²) in [6.45, 7) is 6.29. The summed E-state index contributed by atoms with van der Waals surface area (Å²) in [7, 11) is 2.11. The van der Waals surface area contributed by atoms with Crippen LogP contribution in [0.25, 0.3) is 11.3 Å². The lowest BCUT2D eigenvalue weighted by Crippen LogP contribution is -2.45. The fraction of sp³-hybridized carbons (Fsp3) is 0.385. The number of nitrogens with zero attached hydrogens (tertiary/aromatic N) is 5. The minimum atomic E-state index is -0.423. The Morgan fingerprint density at radius 1 is 1.14 bits per heavy atom. The van der Waals surface area contributed by atoms with Crippen LogP contribution in [-0.2, 0) is 4.79 Å². The number of benzene rings is 1. The first-order chi connectivity index (χ1) is 17.9. The minimum absolute atomic E-state index is 0.0749. The van der Waals surface area contributed by atoms with E-state index in [2.05, 4.69) is 48.0 Å². The van der Waals surface area contributed by atoms with Crippen LogP contribution >= 0.6 is 11.6 Å². The normalized spacial score (nSPS) is 16.8. The Bertz CT molecular complexity index is 1260. The standard InChI is InChI=1S/C26H30ClFN8O/c1-35-8-10-36(11-9-35)7-5-25(37)32-24-13-19(4-6-30-24)31-23-14-22(20-12-18(27)2-3-21(20)28)33-34-26(23)17-15-29-16-17/h2-4,6,12-14,17,29H,5,7-11,15-16H2,1H3,(H2,30,31,32,33,37). The van der Waals surface area contributed by atoms with Crippen molar-refractivity contribution in [2.75, 3.05) is 63.5 Å². The summed E-state index contributed by atoms with van der Waals surface area (Å²) >= 11 is 6.10. The van der Waals surface area contributed by atoms with E-state index in [-0.39, 0.29) is 17.4 Å². The third-order valence-corrected chi connectivity index (χ3v) is 6.99. The van der Waals surface area contributed by atoms with Crippen molar-refractivity contribution < 1.29 is 9.18 Å². The Morgan fingerprint density at radius 2 is 1.95 bits per heavy atom. The molecule has 0 aliphatic carbocycles. The molecule has 1 amide bonds. The molecular weight excluding hydrogens is 495 g/mol. The zero-order valence-electron chi connectivity index (χ0n) is 20.7. The molecule has 0 radical (unpaired) electrons. The molecule has 9 nitrogen and oxygen atoms in total. The average molecular weight is 525 g/mol. The molecule has 0 spiro atoms. The van der Waals surface area contributed by atoms with Gasteiger partial charge >= 0.3 is 0 Å². The summed E-state index contributed by atoms with van der Waals surface area (Å²) in [6, 6.07) is 9.72. The van der Waals surface area contributed by atoms with Gasteiger partial charge in [0, 0.05) is 86.7 Å². The van der Waals surface area contributed by atoms with Crippen molar-refractivity contribution in [1.29, 1.82) is 0 Å². The van der Waals surface area contributed by atoms with E-state index in [0.29, 0.717) is 23.0 Å². The summed E-state index contributed by atoms with van der Waals surface area (Å²) < 4.78 is 14.5. The largest absolute Gasteiger partial charge is 0.354 e. The van der Waals surface area contributed by atoms with Gasteiger partial charge in [-0.3, -0.25) is 4.79 Å². The Morgan fingerprint density at radius 3 is 2.70 bits per heavy atom. The van der Waals surface area contributed by atoms with E-state index in [1.54, 1.807) is 18.3 Å².